The van der Waals surface area contributed by atoms with Crippen molar-refractivity contribution in [3.8, 4) is 0 Å². The number of rotatable bonds is 1. The van der Waals surface area contributed by atoms with Crippen molar-refractivity contribution < 1.29 is 4.79 Å². The van der Waals surface area contributed by atoms with Gasteiger partial charge < -0.3 is 4.90 Å². The number of aromatic nitrogens is 2. The highest BCUT2D eigenvalue weighted by Gasteiger charge is 2.31. The topological polar surface area (TPSA) is 38.1 Å². The van der Waals surface area contributed by atoms with E-state index in [-0.39, 0.29) is 5.91 Å². The molecule has 0 spiro atoms. The van der Waals surface area contributed by atoms with Crippen molar-refractivity contribution in [3.63, 3.8) is 0 Å². The van der Waals surface area contributed by atoms with Gasteiger partial charge in [0.15, 0.2) is 5.69 Å². The predicted molar refractivity (Wildman–Crippen MR) is 74.9 cm³/mol. The monoisotopic (exact) mass is 347 g/mol. The van der Waals surface area contributed by atoms with Gasteiger partial charge in [-0.15, -0.1) is 0 Å². The molecule has 2 atom stereocenters. The highest BCUT2D eigenvalue weighted by Crippen LogP contribution is 2.25. The maximum Gasteiger partial charge on any atom is 0.275 e. The zero-order valence-electron chi connectivity index (χ0n) is 10.5. The van der Waals surface area contributed by atoms with Crippen molar-refractivity contribution in [1.82, 2.24) is 14.7 Å². The molecular formula is C12H18IN3O. The van der Waals surface area contributed by atoms with Crippen LogP contribution in [0.5, 0.6) is 0 Å². The van der Waals surface area contributed by atoms with Gasteiger partial charge in [0, 0.05) is 25.3 Å². The number of piperidine rings is 1. The molecule has 0 unspecified atom stereocenters. The molecule has 17 heavy (non-hydrogen) atoms. The van der Waals surface area contributed by atoms with Crippen LogP contribution in [-0.4, -0.2) is 32.7 Å². The van der Waals surface area contributed by atoms with Crippen molar-refractivity contribution in [3.05, 3.63) is 15.5 Å². The van der Waals surface area contributed by atoms with Crippen molar-refractivity contribution in [1.29, 1.82) is 0 Å². The highest BCUT2D eigenvalue weighted by molar-refractivity contribution is 14.1. The van der Waals surface area contributed by atoms with E-state index in [9.17, 15) is 4.79 Å². The molecule has 1 saturated heterocycles. The van der Waals surface area contributed by atoms with E-state index >= 15 is 0 Å². The second kappa shape index (κ2) is 4.96. The Hall–Kier alpha value is -0.590. The quantitative estimate of drug-likeness (QED) is 0.732. The molecule has 1 aromatic heterocycles. The molecule has 94 valence electrons. The third-order valence-corrected chi connectivity index (χ3v) is 4.20. The molecule has 1 aliphatic rings. The molecule has 0 radical (unpaired) electrons. The van der Waals surface area contributed by atoms with E-state index in [4.69, 9.17) is 0 Å². The van der Waals surface area contributed by atoms with Gasteiger partial charge in [-0.2, -0.15) is 5.10 Å². The van der Waals surface area contributed by atoms with E-state index in [1.54, 1.807) is 4.68 Å². The van der Waals surface area contributed by atoms with Crippen molar-refractivity contribution in [2.75, 3.05) is 0 Å². The molecule has 0 N–H and O–H groups in total. The van der Waals surface area contributed by atoms with E-state index in [0.717, 1.165) is 16.4 Å². The van der Waals surface area contributed by atoms with Gasteiger partial charge in [-0.3, -0.25) is 9.48 Å². The molecule has 0 bridgehead atoms. The molecule has 1 fully saturated rings. The summed E-state index contributed by atoms with van der Waals surface area (Å²) < 4.78 is 2.63. The third-order valence-electron chi connectivity index (χ3n) is 3.41. The Morgan fingerprint density at radius 2 is 2.00 bits per heavy atom. The first-order valence-corrected chi connectivity index (χ1v) is 7.10. The smallest absolute Gasteiger partial charge is 0.275 e. The molecular weight excluding hydrogens is 329 g/mol. The summed E-state index contributed by atoms with van der Waals surface area (Å²) in [5.41, 5.74) is 0.591. The maximum atomic E-state index is 12.5. The van der Waals surface area contributed by atoms with Gasteiger partial charge in [-0.05, 0) is 55.7 Å². The first-order valence-electron chi connectivity index (χ1n) is 6.02. The van der Waals surface area contributed by atoms with Gasteiger partial charge in [-0.25, -0.2) is 0 Å². The van der Waals surface area contributed by atoms with Crippen LogP contribution in [0.1, 0.15) is 43.6 Å². The van der Waals surface area contributed by atoms with Crippen LogP contribution >= 0.6 is 22.6 Å². The molecule has 1 aromatic rings. The summed E-state index contributed by atoms with van der Waals surface area (Å²) in [6.07, 6.45) is 5.29. The number of amides is 1. The summed E-state index contributed by atoms with van der Waals surface area (Å²) in [5.74, 6) is 0.0784. The van der Waals surface area contributed by atoms with Crippen molar-refractivity contribution in [2.45, 2.75) is 45.2 Å². The van der Waals surface area contributed by atoms with E-state index < -0.39 is 0 Å². The Labute approximate surface area is 116 Å². The van der Waals surface area contributed by atoms with Crippen LogP contribution < -0.4 is 0 Å². The van der Waals surface area contributed by atoms with Gasteiger partial charge in [0.05, 0.1) is 3.57 Å². The van der Waals surface area contributed by atoms with E-state index in [1.165, 1.54) is 6.42 Å². The van der Waals surface area contributed by atoms with Crippen LogP contribution in [0.25, 0.3) is 0 Å². The van der Waals surface area contributed by atoms with Crippen LogP contribution in [0.15, 0.2) is 6.20 Å². The van der Waals surface area contributed by atoms with E-state index in [2.05, 4.69) is 41.5 Å². The fourth-order valence-electron chi connectivity index (χ4n) is 2.55. The number of likely N-dealkylation sites (tertiary alicyclic amines) is 1. The summed E-state index contributed by atoms with van der Waals surface area (Å²) in [6, 6.07) is 0.646. The lowest BCUT2D eigenvalue weighted by atomic mass is 9.97. The molecule has 2 rings (SSSR count). The molecule has 2 heterocycles. The van der Waals surface area contributed by atoms with Gasteiger partial charge in [0.2, 0.25) is 0 Å². The predicted octanol–water partition coefficient (Wildman–Crippen LogP) is 2.43. The van der Waals surface area contributed by atoms with Crippen LogP contribution in [0.3, 0.4) is 0 Å². The normalized spacial score (nSPS) is 25.1. The SMILES string of the molecule is C[C@@H]1CCC[C@H](C)N1C(=O)c1nn(C)cc1I. The molecule has 0 aliphatic carbocycles. The molecule has 1 aliphatic heterocycles. The zero-order chi connectivity index (χ0) is 12.6. The summed E-state index contributed by atoms with van der Waals surface area (Å²) in [7, 11) is 1.85. The van der Waals surface area contributed by atoms with E-state index in [1.807, 2.05) is 18.1 Å². The minimum atomic E-state index is 0.0784. The maximum absolute atomic E-state index is 12.5. The number of halogens is 1. The van der Waals surface area contributed by atoms with Gasteiger partial charge in [0.1, 0.15) is 0 Å². The second-order valence-electron chi connectivity index (χ2n) is 4.84. The van der Waals surface area contributed by atoms with Crippen LogP contribution in [0.4, 0.5) is 0 Å². The van der Waals surface area contributed by atoms with Crippen molar-refractivity contribution in [2.24, 2.45) is 7.05 Å². The molecule has 5 heteroatoms. The Bertz CT molecular complexity index is 419. The lowest BCUT2D eigenvalue weighted by Crippen LogP contribution is -2.47. The first-order chi connectivity index (χ1) is 8.00. The minimum Gasteiger partial charge on any atom is -0.332 e. The Morgan fingerprint density at radius 1 is 1.41 bits per heavy atom. The standard InChI is InChI=1S/C12H18IN3O/c1-8-5-4-6-9(2)16(8)12(17)11-10(13)7-15(3)14-11/h7-9H,4-6H2,1-3H3/t8-,9+. The van der Waals surface area contributed by atoms with Gasteiger partial charge in [-0.1, -0.05) is 0 Å². The third kappa shape index (κ3) is 2.48. The average molecular weight is 347 g/mol. The highest BCUT2D eigenvalue weighted by atomic mass is 127. The largest absolute Gasteiger partial charge is 0.332 e. The molecule has 1 amide bonds. The summed E-state index contributed by atoms with van der Waals surface area (Å²) in [4.78, 5) is 14.5. The molecule has 0 saturated carbocycles. The molecule has 4 nitrogen and oxygen atoms in total. The summed E-state index contributed by atoms with van der Waals surface area (Å²) in [5, 5.41) is 4.27. The number of carbonyl (C=O) groups is 1. The van der Waals surface area contributed by atoms with Gasteiger partial charge >= 0.3 is 0 Å². The summed E-state index contributed by atoms with van der Waals surface area (Å²) >= 11 is 2.18. The fourth-order valence-corrected chi connectivity index (χ4v) is 3.29. The Kier molecular flexibility index (Phi) is 3.75. The van der Waals surface area contributed by atoms with Gasteiger partial charge in [0.25, 0.3) is 5.91 Å². The number of hydrogen-bond donors (Lipinski definition) is 0. The lowest BCUT2D eigenvalue weighted by Gasteiger charge is -2.38. The number of carbonyl (C=O) groups excluding carboxylic acids is 1. The fraction of sp³-hybridized carbons (Fsp3) is 0.667. The lowest BCUT2D eigenvalue weighted by molar-refractivity contribution is 0.0503. The zero-order valence-corrected chi connectivity index (χ0v) is 12.6. The van der Waals surface area contributed by atoms with E-state index in [0.29, 0.717) is 17.8 Å². The number of hydrogen-bond acceptors (Lipinski definition) is 2. The molecule has 0 aromatic carbocycles. The number of nitrogens with zero attached hydrogens (tertiary/aromatic N) is 3. The van der Waals surface area contributed by atoms with Crippen LogP contribution in [0.2, 0.25) is 0 Å². The number of aryl methyl sites for hydroxylation is 1. The van der Waals surface area contributed by atoms with Crippen molar-refractivity contribution >= 4 is 28.5 Å². The average Bonchev–Trinajstić information content (AvgIpc) is 2.57. The van der Waals surface area contributed by atoms with Crippen LogP contribution in [-0.2, 0) is 7.05 Å². The Balaban J connectivity index is 2.27. The first kappa shape index (κ1) is 12.9. The minimum absolute atomic E-state index is 0.0784. The summed E-state index contributed by atoms with van der Waals surface area (Å²) in [6.45, 7) is 4.26. The Morgan fingerprint density at radius 3 is 2.47 bits per heavy atom. The second-order valence-corrected chi connectivity index (χ2v) is 6.00. The van der Waals surface area contributed by atoms with Crippen LogP contribution in [0, 0.1) is 3.57 Å².